The maximum Gasteiger partial charge on any atom is 0.169 e. The van der Waals surface area contributed by atoms with Crippen molar-refractivity contribution in [2.75, 3.05) is 0 Å². The molecule has 7 aromatic carbocycles. The highest BCUT2D eigenvalue weighted by Gasteiger charge is 2.39. The van der Waals surface area contributed by atoms with Crippen LogP contribution in [0.15, 0.2) is 150 Å². The lowest BCUT2D eigenvalue weighted by Gasteiger charge is -2.28. The second kappa shape index (κ2) is 9.73. The first-order valence-electron chi connectivity index (χ1n) is 15.6. The average molecular weight is 578 g/mol. The van der Waals surface area contributed by atoms with Crippen LogP contribution in [0.25, 0.3) is 43.4 Å². The molecule has 0 radical (unpaired) electrons. The molecule has 214 valence electrons. The van der Waals surface area contributed by atoms with Gasteiger partial charge in [-0.1, -0.05) is 129 Å². The highest BCUT2D eigenvalue weighted by molar-refractivity contribution is 6.18. The number of nitrogens with zero attached hydrogens (tertiary/aromatic N) is 2. The van der Waals surface area contributed by atoms with Gasteiger partial charge in [-0.3, -0.25) is 0 Å². The van der Waals surface area contributed by atoms with Crippen molar-refractivity contribution in [3.05, 3.63) is 167 Å². The van der Waals surface area contributed by atoms with Crippen LogP contribution in [0.2, 0.25) is 0 Å². The molecular weight excluding hydrogens is 546 g/mol. The Morgan fingerprint density at radius 2 is 1.07 bits per heavy atom. The molecule has 7 aromatic rings. The Morgan fingerprint density at radius 1 is 0.489 bits per heavy atom. The van der Waals surface area contributed by atoms with Gasteiger partial charge in [0.15, 0.2) is 6.17 Å². The Bertz CT molecular complexity index is 2390. The number of benzene rings is 7. The van der Waals surface area contributed by atoms with Crippen molar-refractivity contribution in [1.29, 1.82) is 0 Å². The van der Waals surface area contributed by atoms with Crippen molar-refractivity contribution in [1.82, 2.24) is 5.32 Å². The van der Waals surface area contributed by atoms with Crippen molar-refractivity contribution in [2.45, 2.75) is 25.4 Å². The maximum absolute atomic E-state index is 5.35. The van der Waals surface area contributed by atoms with Gasteiger partial charge in [-0.2, -0.15) is 0 Å². The predicted octanol–water partition coefficient (Wildman–Crippen LogP) is 9.95. The van der Waals surface area contributed by atoms with Gasteiger partial charge in [0.1, 0.15) is 11.7 Å². The van der Waals surface area contributed by atoms with Gasteiger partial charge in [0.2, 0.25) is 0 Å². The van der Waals surface area contributed by atoms with E-state index in [1.165, 1.54) is 54.6 Å². The lowest BCUT2D eigenvalue weighted by molar-refractivity contribution is 0.658. The number of amidine groups is 2. The summed E-state index contributed by atoms with van der Waals surface area (Å²) in [6.07, 6.45) is -0.377. The van der Waals surface area contributed by atoms with E-state index in [0.29, 0.717) is 0 Å². The lowest BCUT2D eigenvalue weighted by atomic mass is 9.79. The van der Waals surface area contributed by atoms with Crippen LogP contribution in [0.3, 0.4) is 0 Å². The smallest absolute Gasteiger partial charge is 0.169 e. The van der Waals surface area contributed by atoms with Crippen LogP contribution in [0.4, 0.5) is 0 Å². The molecule has 1 N–H and O–H groups in total. The minimum absolute atomic E-state index is 0.203. The van der Waals surface area contributed by atoms with E-state index >= 15 is 0 Å². The van der Waals surface area contributed by atoms with Gasteiger partial charge in [-0.25, -0.2) is 9.98 Å². The zero-order valence-corrected chi connectivity index (χ0v) is 25.3. The van der Waals surface area contributed by atoms with Crippen LogP contribution in [0.1, 0.15) is 47.8 Å². The molecule has 1 aliphatic carbocycles. The molecule has 0 aromatic heterocycles. The molecule has 1 atom stereocenters. The summed E-state index contributed by atoms with van der Waals surface area (Å²) >= 11 is 0. The van der Waals surface area contributed by atoms with Crippen molar-refractivity contribution < 1.29 is 0 Å². The van der Waals surface area contributed by atoms with Gasteiger partial charge in [0.25, 0.3) is 0 Å². The van der Waals surface area contributed by atoms with Gasteiger partial charge in [-0.15, -0.1) is 0 Å². The summed E-state index contributed by atoms with van der Waals surface area (Å²) in [5.74, 6) is 1.69. The summed E-state index contributed by atoms with van der Waals surface area (Å²) in [7, 11) is 0. The molecule has 0 bridgehead atoms. The second-order valence-corrected chi connectivity index (χ2v) is 12.7. The van der Waals surface area contributed by atoms with Gasteiger partial charge < -0.3 is 5.32 Å². The molecule has 0 saturated carbocycles. The first-order chi connectivity index (χ1) is 22.0. The summed E-state index contributed by atoms with van der Waals surface area (Å²) in [5.41, 5.74) is 8.29. The van der Waals surface area contributed by atoms with Gasteiger partial charge >= 0.3 is 0 Å². The third-order valence-electron chi connectivity index (χ3n) is 9.63. The standard InChI is InChI=1S/C42H31N3/c1-42(2)37-25-31-15-8-7-14-30(31)24-36(37)34-16-9-17-35(38(34)42)41-44-39(32-20-18-26-10-3-5-12-28(26)22-32)43-40(45-41)33-21-19-27-11-4-6-13-29(27)23-33/h3-25,39H,1-2H3,(H,43,44,45). The van der Waals surface area contributed by atoms with E-state index in [-0.39, 0.29) is 11.6 Å². The molecule has 9 rings (SSSR count). The zero-order chi connectivity index (χ0) is 30.1. The van der Waals surface area contributed by atoms with Crippen LogP contribution in [-0.4, -0.2) is 11.7 Å². The molecule has 0 amide bonds. The monoisotopic (exact) mass is 577 g/mol. The van der Waals surface area contributed by atoms with Crippen molar-refractivity contribution in [3.63, 3.8) is 0 Å². The second-order valence-electron chi connectivity index (χ2n) is 12.7. The molecule has 1 heterocycles. The molecule has 0 saturated heterocycles. The quantitative estimate of drug-likeness (QED) is 0.223. The SMILES string of the molecule is CC1(C)c2cc3ccccc3cc2-c2cccc(C3=NC(c4ccc5ccccc5c4)N=C(c4ccc5ccccc5c4)N3)c21. The number of aliphatic imine (C=N–C) groups is 2. The number of rotatable bonds is 3. The van der Waals surface area contributed by atoms with Crippen molar-refractivity contribution in [3.8, 4) is 11.1 Å². The highest BCUT2D eigenvalue weighted by atomic mass is 15.2. The molecule has 45 heavy (non-hydrogen) atoms. The third kappa shape index (κ3) is 4.12. The average Bonchev–Trinajstić information content (AvgIpc) is 3.32. The minimum Gasteiger partial charge on any atom is -0.324 e. The first kappa shape index (κ1) is 25.9. The first-order valence-corrected chi connectivity index (χ1v) is 15.6. The predicted molar refractivity (Wildman–Crippen MR) is 188 cm³/mol. The Labute approximate surface area is 262 Å². The molecule has 1 aliphatic heterocycles. The topological polar surface area (TPSA) is 36.8 Å². The van der Waals surface area contributed by atoms with E-state index in [2.05, 4.69) is 159 Å². The number of hydrogen-bond donors (Lipinski definition) is 1. The summed E-state index contributed by atoms with van der Waals surface area (Å²) in [4.78, 5) is 10.6. The molecule has 0 spiro atoms. The Morgan fingerprint density at radius 3 is 1.80 bits per heavy atom. The molecule has 3 nitrogen and oxygen atoms in total. The van der Waals surface area contributed by atoms with E-state index in [1.54, 1.807) is 0 Å². The Hall–Kier alpha value is -5.54. The van der Waals surface area contributed by atoms with Crippen LogP contribution < -0.4 is 5.32 Å². The molecule has 3 heteroatoms. The van der Waals surface area contributed by atoms with E-state index < -0.39 is 0 Å². The van der Waals surface area contributed by atoms with E-state index in [1.807, 2.05) is 0 Å². The number of fused-ring (bicyclic) bond motifs is 6. The largest absolute Gasteiger partial charge is 0.324 e. The molecule has 1 unspecified atom stereocenters. The van der Waals surface area contributed by atoms with Gasteiger partial charge in [0.05, 0.1) is 0 Å². The fourth-order valence-corrected chi connectivity index (χ4v) is 7.35. The van der Waals surface area contributed by atoms with Crippen LogP contribution in [0, 0.1) is 0 Å². The number of nitrogens with one attached hydrogen (secondary N) is 1. The minimum atomic E-state index is -0.377. The summed E-state index contributed by atoms with van der Waals surface area (Å²) in [5, 5.41) is 11.1. The fourth-order valence-electron chi connectivity index (χ4n) is 7.35. The summed E-state index contributed by atoms with van der Waals surface area (Å²) in [6.45, 7) is 4.69. The van der Waals surface area contributed by atoms with Gasteiger partial charge in [0, 0.05) is 16.5 Å². The highest BCUT2D eigenvalue weighted by Crippen LogP contribution is 2.51. The fraction of sp³-hybridized carbons (Fsp3) is 0.0952. The van der Waals surface area contributed by atoms with E-state index in [4.69, 9.17) is 9.98 Å². The zero-order valence-electron chi connectivity index (χ0n) is 25.3. The summed E-state index contributed by atoms with van der Waals surface area (Å²) < 4.78 is 0. The van der Waals surface area contributed by atoms with Crippen LogP contribution in [-0.2, 0) is 5.41 Å². The Kier molecular flexibility index (Phi) is 5.61. The van der Waals surface area contributed by atoms with E-state index in [0.717, 1.165) is 28.4 Å². The third-order valence-corrected chi connectivity index (χ3v) is 9.63. The molecular formula is C42H31N3. The number of hydrogen-bond acceptors (Lipinski definition) is 3. The van der Waals surface area contributed by atoms with Crippen LogP contribution >= 0.6 is 0 Å². The van der Waals surface area contributed by atoms with Crippen molar-refractivity contribution in [2.24, 2.45) is 9.98 Å². The Balaban J connectivity index is 1.23. The lowest BCUT2D eigenvalue weighted by Crippen LogP contribution is -2.37. The summed E-state index contributed by atoms with van der Waals surface area (Å²) in [6, 6.07) is 50.1. The van der Waals surface area contributed by atoms with Crippen molar-refractivity contribution >= 4 is 44.0 Å². The van der Waals surface area contributed by atoms with E-state index in [9.17, 15) is 0 Å². The molecule has 0 fully saturated rings. The molecule has 2 aliphatic rings. The van der Waals surface area contributed by atoms with Gasteiger partial charge in [-0.05, 0) is 84.4 Å². The normalized spacial score (nSPS) is 16.6. The maximum atomic E-state index is 5.35. The van der Waals surface area contributed by atoms with Crippen LogP contribution in [0.5, 0.6) is 0 Å².